The second-order valence-electron chi connectivity index (χ2n) is 4.67. The molecule has 0 unspecified atom stereocenters. The quantitative estimate of drug-likeness (QED) is 0.875. The third-order valence-corrected chi connectivity index (χ3v) is 3.21. The summed E-state index contributed by atoms with van der Waals surface area (Å²) < 4.78 is 0. The molecule has 0 bridgehead atoms. The van der Waals surface area contributed by atoms with Gasteiger partial charge in [-0.05, 0) is 36.6 Å². The van der Waals surface area contributed by atoms with Gasteiger partial charge in [0.2, 0.25) is 0 Å². The van der Waals surface area contributed by atoms with Crippen molar-refractivity contribution < 1.29 is 9.90 Å². The SMILES string of the molecule is CCc1cc(C(=O)O)cc(NCc2ccccc2C)n1. The predicted molar refractivity (Wildman–Crippen MR) is 79.1 cm³/mol. The Morgan fingerprint density at radius 1 is 1.30 bits per heavy atom. The minimum Gasteiger partial charge on any atom is -0.478 e. The van der Waals surface area contributed by atoms with Gasteiger partial charge in [-0.15, -0.1) is 0 Å². The second-order valence-corrected chi connectivity index (χ2v) is 4.67. The number of hydrogen-bond acceptors (Lipinski definition) is 3. The number of nitrogens with one attached hydrogen (secondary N) is 1. The smallest absolute Gasteiger partial charge is 0.335 e. The Labute approximate surface area is 118 Å². The van der Waals surface area contributed by atoms with Crippen molar-refractivity contribution in [2.75, 3.05) is 5.32 Å². The predicted octanol–water partition coefficient (Wildman–Crippen LogP) is 3.26. The molecule has 0 atom stereocenters. The number of carboxylic acid groups (broad SMARTS) is 1. The number of anilines is 1. The van der Waals surface area contributed by atoms with E-state index < -0.39 is 5.97 Å². The summed E-state index contributed by atoms with van der Waals surface area (Å²) in [5.74, 6) is -0.328. The van der Waals surface area contributed by atoms with Crippen molar-refractivity contribution in [3.63, 3.8) is 0 Å². The first kappa shape index (κ1) is 14.1. The highest BCUT2D eigenvalue weighted by molar-refractivity contribution is 5.88. The molecule has 0 aliphatic heterocycles. The van der Waals surface area contributed by atoms with Crippen LogP contribution in [0.1, 0.15) is 34.1 Å². The van der Waals surface area contributed by atoms with Gasteiger partial charge in [0, 0.05) is 12.2 Å². The summed E-state index contributed by atoms with van der Waals surface area (Å²) in [6.07, 6.45) is 0.708. The summed E-state index contributed by atoms with van der Waals surface area (Å²) >= 11 is 0. The zero-order chi connectivity index (χ0) is 14.5. The zero-order valence-corrected chi connectivity index (χ0v) is 11.7. The first-order valence-corrected chi connectivity index (χ1v) is 6.62. The van der Waals surface area contributed by atoms with Crippen LogP contribution in [0.4, 0.5) is 5.82 Å². The molecule has 0 aliphatic carbocycles. The van der Waals surface area contributed by atoms with E-state index in [-0.39, 0.29) is 5.56 Å². The Morgan fingerprint density at radius 3 is 2.70 bits per heavy atom. The van der Waals surface area contributed by atoms with Gasteiger partial charge in [0.05, 0.1) is 5.56 Å². The topological polar surface area (TPSA) is 62.2 Å². The number of benzene rings is 1. The lowest BCUT2D eigenvalue weighted by atomic mass is 10.1. The fourth-order valence-corrected chi connectivity index (χ4v) is 1.98. The number of rotatable bonds is 5. The van der Waals surface area contributed by atoms with Gasteiger partial charge in [-0.1, -0.05) is 31.2 Å². The number of aromatic nitrogens is 1. The van der Waals surface area contributed by atoms with Crippen LogP contribution in [0.15, 0.2) is 36.4 Å². The van der Waals surface area contributed by atoms with Crippen LogP contribution in [-0.4, -0.2) is 16.1 Å². The van der Waals surface area contributed by atoms with Crippen LogP contribution in [-0.2, 0) is 13.0 Å². The number of nitrogens with zero attached hydrogens (tertiary/aromatic N) is 1. The molecule has 1 aromatic carbocycles. The van der Waals surface area contributed by atoms with Gasteiger partial charge in [0.1, 0.15) is 5.82 Å². The Bertz CT molecular complexity index is 624. The Balaban J connectivity index is 2.19. The molecule has 0 radical (unpaired) electrons. The molecule has 104 valence electrons. The lowest BCUT2D eigenvalue weighted by Crippen LogP contribution is -2.07. The zero-order valence-electron chi connectivity index (χ0n) is 11.7. The summed E-state index contributed by atoms with van der Waals surface area (Å²) in [5.41, 5.74) is 3.42. The Morgan fingerprint density at radius 2 is 2.05 bits per heavy atom. The number of hydrogen-bond donors (Lipinski definition) is 2. The van der Waals surface area contributed by atoms with E-state index in [1.807, 2.05) is 25.1 Å². The van der Waals surface area contributed by atoms with Crippen molar-refractivity contribution in [2.24, 2.45) is 0 Å². The molecule has 0 spiro atoms. The minimum absolute atomic E-state index is 0.268. The third-order valence-electron chi connectivity index (χ3n) is 3.21. The van der Waals surface area contributed by atoms with Crippen LogP contribution in [0.25, 0.3) is 0 Å². The van der Waals surface area contributed by atoms with Crippen molar-refractivity contribution in [1.29, 1.82) is 0 Å². The van der Waals surface area contributed by atoms with E-state index in [2.05, 4.69) is 23.3 Å². The Hall–Kier alpha value is -2.36. The van der Waals surface area contributed by atoms with E-state index in [0.29, 0.717) is 18.8 Å². The molecular weight excluding hydrogens is 252 g/mol. The van der Waals surface area contributed by atoms with Gasteiger partial charge in [-0.3, -0.25) is 0 Å². The molecule has 2 rings (SSSR count). The molecule has 1 aromatic heterocycles. The lowest BCUT2D eigenvalue weighted by molar-refractivity contribution is 0.0696. The molecule has 2 aromatic rings. The first-order valence-electron chi connectivity index (χ1n) is 6.62. The highest BCUT2D eigenvalue weighted by Gasteiger charge is 2.08. The summed E-state index contributed by atoms with van der Waals surface area (Å²) in [4.78, 5) is 15.5. The van der Waals surface area contributed by atoms with Gasteiger partial charge in [0.25, 0.3) is 0 Å². The molecule has 1 heterocycles. The number of aryl methyl sites for hydroxylation is 2. The van der Waals surface area contributed by atoms with Crippen LogP contribution in [0.5, 0.6) is 0 Å². The van der Waals surface area contributed by atoms with Crippen molar-refractivity contribution in [1.82, 2.24) is 4.98 Å². The fourth-order valence-electron chi connectivity index (χ4n) is 1.98. The molecule has 0 fully saturated rings. The number of aromatic carboxylic acids is 1. The third kappa shape index (κ3) is 3.35. The molecule has 4 heteroatoms. The monoisotopic (exact) mass is 270 g/mol. The van der Waals surface area contributed by atoms with Gasteiger partial charge in [-0.2, -0.15) is 0 Å². The fraction of sp³-hybridized carbons (Fsp3) is 0.250. The highest BCUT2D eigenvalue weighted by atomic mass is 16.4. The van der Waals surface area contributed by atoms with Crippen LogP contribution in [0.3, 0.4) is 0 Å². The van der Waals surface area contributed by atoms with E-state index >= 15 is 0 Å². The number of carboxylic acids is 1. The maximum atomic E-state index is 11.1. The van der Waals surface area contributed by atoms with Crippen molar-refractivity contribution in [2.45, 2.75) is 26.8 Å². The molecule has 20 heavy (non-hydrogen) atoms. The molecule has 0 aliphatic rings. The first-order chi connectivity index (χ1) is 9.60. The summed E-state index contributed by atoms with van der Waals surface area (Å²) in [6.45, 7) is 4.64. The van der Waals surface area contributed by atoms with E-state index in [9.17, 15) is 4.79 Å². The van der Waals surface area contributed by atoms with E-state index in [4.69, 9.17) is 5.11 Å². The van der Waals surface area contributed by atoms with Gasteiger partial charge in [-0.25, -0.2) is 9.78 Å². The van der Waals surface area contributed by atoms with E-state index in [0.717, 1.165) is 5.69 Å². The molecule has 2 N–H and O–H groups in total. The lowest BCUT2D eigenvalue weighted by Gasteiger charge is -2.10. The number of pyridine rings is 1. The van der Waals surface area contributed by atoms with Crippen molar-refractivity contribution in [3.8, 4) is 0 Å². The number of carbonyl (C=O) groups is 1. The van der Waals surface area contributed by atoms with Gasteiger partial charge in [0.15, 0.2) is 0 Å². The standard InChI is InChI=1S/C16H18N2O2/c1-3-14-8-13(16(19)20)9-15(18-14)17-10-12-7-5-4-6-11(12)2/h4-9H,3,10H2,1-2H3,(H,17,18)(H,19,20). The molecule has 0 saturated heterocycles. The maximum absolute atomic E-state index is 11.1. The van der Waals surface area contributed by atoms with Crippen molar-refractivity contribution in [3.05, 3.63) is 58.8 Å². The molecule has 0 amide bonds. The van der Waals surface area contributed by atoms with Gasteiger partial charge < -0.3 is 10.4 Å². The summed E-state index contributed by atoms with van der Waals surface area (Å²) in [6, 6.07) is 11.3. The highest BCUT2D eigenvalue weighted by Crippen LogP contribution is 2.14. The summed E-state index contributed by atoms with van der Waals surface area (Å²) in [7, 11) is 0. The summed E-state index contributed by atoms with van der Waals surface area (Å²) in [5, 5.41) is 12.3. The van der Waals surface area contributed by atoms with Crippen LogP contribution in [0.2, 0.25) is 0 Å². The van der Waals surface area contributed by atoms with Crippen LogP contribution < -0.4 is 5.32 Å². The minimum atomic E-state index is -0.930. The van der Waals surface area contributed by atoms with E-state index in [1.165, 1.54) is 11.1 Å². The van der Waals surface area contributed by atoms with Crippen molar-refractivity contribution >= 4 is 11.8 Å². The van der Waals surface area contributed by atoms with E-state index in [1.54, 1.807) is 12.1 Å². The normalized spacial score (nSPS) is 10.3. The molecule has 0 saturated carbocycles. The largest absolute Gasteiger partial charge is 0.478 e. The maximum Gasteiger partial charge on any atom is 0.335 e. The molecular formula is C16H18N2O2. The van der Waals surface area contributed by atoms with Crippen LogP contribution >= 0.6 is 0 Å². The van der Waals surface area contributed by atoms with Gasteiger partial charge >= 0.3 is 5.97 Å². The molecule has 4 nitrogen and oxygen atoms in total. The average Bonchev–Trinajstić information content (AvgIpc) is 2.46. The van der Waals surface area contributed by atoms with Crippen LogP contribution in [0, 0.1) is 6.92 Å². The Kier molecular flexibility index (Phi) is 4.35. The second kappa shape index (κ2) is 6.19. The average molecular weight is 270 g/mol.